The second-order valence-corrected chi connectivity index (χ2v) is 10.5. The fourth-order valence-corrected chi connectivity index (χ4v) is 5.49. The van der Waals surface area contributed by atoms with Crippen LogP contribution in [0.25, 0.3) is 10.1 Å². The zero-order valence-electron chi connectivity index (χ0n) is 22.0. The Morgan fingerprint density at radius 2 is 1.88 bits per heavy atom. The summed E-state index contributed by atoms with van der Waals surface area (Å²) in [7, 11) is 1.50. The van der Waals surface area contributed by atoms with Crippen LogP contribution in [0.1, 0.15) is 32.8 Å². The number of halogens is 2. The molecular weight excluding hydrogens is 573 g/mol. The minimum atomic E-state index is -0.655. The quantitative estimate of drug-likeness (QED) is 0.321. The van der Waals surface area contributed by atoms with E-state index < -0.39 is 17.9 Å². The molecule has 2 aromatic carbocycles. The van der Waals surface area contributed by atoms with Crippen LogP contribution in [0.15, 0.2) is 48.5 Å². The molecule has 3 amide bonds. The number of carbonyl (C=O) groups is 3. The van der Waals surface area contributed by atoms with Crippen LogP contribution in [0.2, 0.25) is 5.02 Å². The number of benzene rings is 2. The zero-order chi connectivity index (χ0) is 28.9. The molecule has 0 spiro atoms. The maximum atomic E-state index is 13.1. The maximum Gasteiger partial charge on any atom is 0.287 e. The van der Waals surface area contributed by atoms with Crippen molar-refractivity contribution >= 4 is 56.8 Å². The summed E-state index contributed by atoms with van der Waals surface area (Å²) in [6.07, 6.45) is 0. The standard InChI is InChI=1S/C21H23N7O4S.C6H4ClF/c1-22-21(31)18-24-17(25-20(30)16-12-4-2-3-5-15(12)33-26-16)13-10-23-19(29)14(28(13)18)11-27-6-8-32-9-7-27;7-5-1-3-6(8)4-2-5/h2-5,14H,6-11H2,1H3,(H,22,31)(H,23,29)(H,25,30);1-4H. The number of ether oxygens (including phenoxy) is 1. The van der Waals surface area contributed by atoms with E-state index in [1.165, 1.54) is 42.8 Å². The first kappa shape index (κ1) is 28.6. The molecule has 0 bridgehead atoms. The van der Waals surface area contributed by atoms with Crippen LogP contribution in [-0.2, 0) is 16.1 Å². The van der Waals surface area contributed by atoms with Crippen molar-refractivity contribution in [2.24, 2.45) is 0 Å². The van der Waals surface area contributed by atoms with Crippen molar-refractivity contribution in [3.63, 3.8) is 0 Å². The van der Waals surface area contributed by atoms with E-state index >= 15 is 0 Å². The van der Waals surface area contributed by atoms with Crippen LogP contribution in [0, 0.1) is 5.82 Å². The molecule has 3 N–H and O–H groups in total. The van der Waals surface area contributed by atoms with Gasteiger partial charge in [0.1, 0.15) is 17.6 Å². The number of morpholine rings is 1. The van der Waals surface area contributed by atoms with Gasteiger partial charge in [0.25, 0.3) is 11.8 Å². The van der Waals surface area contributed by atoms with Crippen LogP contribution in [0.4, 0.5) is 10.2 Å². The van der Waals surface area contributed by atoms with Crippen LogP contribution in [0.3, 0.4) is 0 Å². The third-order valence-electron chi connectivity index (χ3n) is 6.65. The fourth-order valence-electron chi connectivity index (χ4n) is 4.59. The normalized spacial score (nSPS) is 16.8. The van der Waals surface area contributed by atoms with Crippen LogP contribution < -0.4 is 16.0 Å². The highest BCUT2D eigenvalue weighted by atomic mass is 35.5. The van der Waals surface area contributed by atoms with Gasteiger partial charge in [-0.2, -0.15) is 4.37 Å². The Morgan fingerprint density at radius 1 is 1.15 bits per heavy atom. The minimum absolute atomic E-state index is 0.0824. The number of imidazole rings is 1. The first-order valence-corrected chi connectivity index (χ1v) is 14.0. The molecule has 214 valence electrons. The number of rotatable bonds is 5. The van der Waals surface area contributed by atoms with E-state index in [1.807, 2.05) is 24.3 Å². The number of anilines is 1. The summed E-state index contributed by atoms with van der Waals surface area (Å²) >= 11 is 6.69. The molecule has 11 nitrogen and oxygen atoms in total. The average Bonchev–Trinajstić information content (AvgIpc) is 3.58. The fraction of sp³-hybridized carbons (Fsp3) is 0.296. The number of hydrogen-bond donors (Lipinski definition) is 3. The molecule has 1 unspecified atom stereocenters. The molecule has 0 radical (unpaired) electrons. The van der Waals surface area contributed by atoms with Gasteiger partial charge in [-0.1, -0.05) is 29.8 Å². The Kier molecular flexibility index (Phi) is 8.88. The molecule has 2 aromatic heterocycles. The molecule has 4 aromatic rings. The average molecular weight is 600 g/mol. The lowest BCUT2D eigenvalue weighted by atomic mass is 10.1. The number of amides is 3. The van der Waals surface area contributed by atoms with Gasteiger partial charge in [0.2, 0.25) is 11.7 Å². The SMILES string of the molecule is CNC(=O)c1nc(NC(=O)c2nsc3ccccc23)c2n1C(CN1CCOCC1)C(=O)NC2.Fc1ccc(Cl)cc1. The van der Waals surface area contributed by atoms with Crippen molar-refractivity contribution in [1.82, 2.24) is 29.5 Å². The largest absolute Gasteiger partial charge is 0.379 e. The van der Waals surface area contributed by atoms with Crippen LogP contribution >= 0.6 is 23.1 Å². The lowest BCUT2D eigenvalue weighted by Gasteiger charge is -2.33. The number of aromatic nitrogens is 3. The van der Waals surface area contributed by atoms with Gasteiger partial charge in [0, 0.05) is 37.1 Å². The first-order chi connectivity index (χ1) is 19.9. The van der Waals surface area contributed by atoms with E-state index in [0.29, 0.717) is 49.3 Å². The first-order valence-electron chi connectivity index (χ1n) is 12.8. The molecule has 4 heterocycles. The highest BCUT2D eigenvalue weighted by Crippen LogP contribution is 2.29. The third-order valence-corrected chi connectivity index (χ3v) is 7.73. The van der Waals surface area contributed by atoms with Crippen molar-refractivity contribution in [2.45, 2.75) is 12.6 Å². The number of carbonyl (C=O) groups excluding carboxylic acids is 3. The minimum Gasteiger partial charge on any atom is -0.379 e. The summed E-state index contributed by atoms with van der Waals surface area (Å²) in [6, 6.07) is 12.5. The smallest absolute Gasteiger partial charge is 0.287 e. The molecule has 2 aliphatic rings. The van der Waals surface area contributed by atoms with Gasteiger partial charge >= 0.3 is 0 Å². The van der Waals surface area contributed by atoms with E-state index in [2.05, 4.69) is 30.2 Å². The summed E-state index contributed by atoms with van der Waals surface area (Å²) in [5.74, 6) is -0.980. The van der Waals surface area contributed by atoms with Gasteiger partial charge in [0.05, 0.1) is 30.2 Å². The second-order valence-electron chi connectivity index (χ2n) is 9.24. The van der Waals surface area contributed by atoms with E-state index in [4.69, 9.17) is 16.3 Å². The molecule has 6 rings (SSSR count). The molecule has 2 aliphatic heterocycles. The van der Waals surface area contributed by atoms with Crippen molar-refractivity contribution in [3.05, 3.63) is 76.6 Å². The molecule has 1 atom stereocenters. The summed E-state index contributed by atoms with van der Waals surface area (Å²) in [5.41, 5.74) is 0.864. The predicted molar refractivity (Wildman–Crippen MR) is 153 cm³/mol. The topological polar surface area (TPSA) is 130 Å². The summed E-state index contributed by atoms with van der Waals surface area (Å²) in [6.45, 7) is 3.14. The summed E-state index contributed by atoms with van der Waals surface area (Å²) < 4.78 is 24.3. The molecule has 41 heavy (non-hydrogen) atoms. The Bertz CT molecular complexity index is 1550. The monoisotopic (exact) mass is 599 g/mol. The van der Waals surface area contributed by atoms with E-state index in [0.717, 1.165) is 10.1 Å². The third kappa shape index (κ3) is 6.38. The molecule has 0 aliphatic carbocycles. The Hall–Kier alpha value is -3.91. The molecule has 1 saturated heterocycles. The Labute approximate surface area is 243 Å². The predicted octanol–water partition coefficient (Wildman–Crippen LogP) is 3.09. The molecule has 0 saturated carbocycles. The van der Waals surface area contributed by atoms with Gasteiger partial charge in [0.15, 0.2) is 5.82 Å². The van der Waals surface area contributed by atoms with Gasteiger partial charge in [-0.05, 0) is 41.9 Å². The Balaban J connectivity index is 0.000000365. The van der Waals surface area contributed by atoms with Gasteiger partial charge in [-0.15, -0.1) is 0 Å². The van der Waals surface area contributed by atoms with E-state index in [9.17, 15) is 18.8 Å². The maximum absolute atomic E-state index is 13.1. The molecule has 14 heteroatoms. The highest BCUT2D eigenvalue weighted by Gasteiger charge is 2.36. The van der Waals surface area contributed by atoms with Crippen LogP contribution in [-0.4, -0.2) is 76.4 Å². The van der Waals surface area contributed by atoms with Crippen molar-refractivity contribution in [3.8, 4) is 0 Å². The molecular formula is C27H27ClFN7O4S. The second kappa shape index (κ2) is 12.7. The van der Waals surface area contributed by atoms with Crippen molar-refractivity contribution in [1.29, 1.82) is 0 Å². The van der Waals surface area contributed by atoms with Crippen molar-refractivity contribution < 1.29 is 23.5 Å². The van der Waals surface area contributed by atoms with Crippen molar-refractivity contribution in [2.75, 3.05) is 45.2 Å². The van der Waals surface area contributed by atoms with Crippen LogP contribution in [0.5, 0.6) is 0 Å². The Morgan fingerprint density at radius 3 is 2.59 bits per heavy atom. The van der Waals surface area contributed by atoms with Gasteiger partial charge < -0.3 is 25.3 Å². The number of hydrogen-bond acceptors (Lipinski definition) is 8. The van der Waals surface area contributed by atoms with E-state index in [-0.39, 0.29) is 29.9 Å². The molecule has 1 fully saturated rings. The summed E-state index contributed by atoms with van der Waals surface area (Å²) in [4.78, 5) is 45.1. The van der Waals surface area contributed by atoms with Gasteiger partial charge in [-0.3, -0.25) is 19.3 Å². The lowest BCUT2D eigenvalue weighted by Crippen LogP contribution is -2.48. The van der Waals surface area contributed by atoms with Gasteiger partial charge in [-0.25, -0.2) is 9.37 Å². The zero-order valence-corrected chi connectivity index (χ0v) is 23.6. The number of fused-ring (bicyclic) bond motifs is 2. The highest BCUT2D eigenvalue weighted by molar-refractivity contribution is 7.13. The van der Waals surface area contributed by atoms with E-state index in [1.54, 1.807) is 4.57 Å². The lowest BCUT2D eigenvalue weighted by molar-refractivity contribution is -0.126. The summed E-state index contributed by atoms with van der Waals surface area (Å²) in [5, 5.41) is 9.57. The number of nitrogens with zero attached hydrogens (tertiary/aromatic N) is 4. The number of nitrogens with one attached hydrogen (secondary N) is 3.